The zero-order valence-electron chi connectivity index (χ0n) is 11.7. The second-order valence-corrected chi connectivity index (χ2v) is 6.52. The summed E-state index contributed by atoms with van der Waals surface area (Å²) in [5.74, 6) is -0.861. The molecule has 3 amide bonds. The monoisotopic (exact) mass is 326 g/mol. The molecule has 1 saturated heterocycles. The molecule has 1 aliphatic rings. The van der Waals surface area contributed by atoms with Crippen molar-refractivity contribution in [2.24, 2.45) is 0 Å². The van der Waals surface area contributed by atoms with E-state index < -0.39 is 5.91 Å². The van der Waals surface area contributed by atoms with Crippen LogP contribution in [0.4, 0.5) is 5.69 Å². The van der Waals surface area contributed by atoms with Gasteiger partial charge in [-0.05, 0) is 31.5 Å². The van der Waals surface area contributed by atoms with E-state index in [0.29, 0.717) is 10.7 Å². The van der Waals surface area contributed by atoms with Crippen molar-refractivity contribution in [1.82, 2.24) is 4.90 Å². The Morgan fingerprint density at radius 1 is 1.48 bits per heavy atom. The van der Waals surface area contributed by atoms with Crippen molar-refractivity contribution in [2.45, 2.75) is 19.1 Å². The van der Waals surface area contributed by atoms with Gasteiger partial charge in [-0.15, -0.1) is 11.8 Å². The molecule has 0 aliphatic carbocycles. The van der Waals surface area contributed by atoms with Crippen molar-refractivity contribution in [1.29, 1.82) is 0 Å². The van der Waals surface area contributed by atoms with Crippen LogP contribution >= 0.6 is 23.4 Å². The molecular formula is C14H15ClN2O3S. The van der Waals surface area contributed by atoms with Crippen LogP contribution in [0.25, 0.3) is 0 Å². The molecule has 112 valence electrons. The van der Waals surface area contributed by atoms with Gasteiger partial charge in [0.05, 0.1) is 11.0 Å². The maximum Gasteiger partial charge on any atom is 0.244 e. The van der Waals surface area contributed by atoms with Gasteiger partial charge < -0.3 is 5.32 Å². The van der Waals surface area contributed by atoms with E-state index in [1.807, 2.05) is 6.92 Å². The highest BCUT2D eigenvalue weighted by atomic mass is 35.5. The van der Waals surface area contributed by atoms with Crippen molar-refractivity contribution in [3.8, 4) is 0 Å². The van der Waals surface area contributed by atoms with Gasteiger partial charge in [-0.3, -0.25) is 19.3 Å². The number of imide groups is 1. The molecule has 1 N–H and O–H groups in total. The zero-order valence-corrected chi connectivity index (χ0v) is 13.3. The lowest BCUT2D eigenvalue weighted by Crippen LogP contribution is -2.49. The second kappa shape index (κ2) is 6.49. The Bertz CT molecular complexity index is 606. The summed E-state index contributed by atoms with van der Waals surface area (Å²) >= 11 is 7.26. The third kappa shape index (κ3) is 3.77. The Kier molecular flexibility index (Phi) is 4.90. The van der Waals surface area contributed by atoms with Gasteiger partial charge in [-0.25, -0.2) is 0 Å². The number of nitrogens with one attached hydrogen (secondary N) is 1. The van der Waals surface area contributed by atoms with Crippen LogP contribution in [0.2, 0.25) is 5.02 Å². The normalized spacial score (nSPS) is 18.8. The van der Waals surface area contributed by atoms with E-state index in [4.69, 9.17) is 11.6 Å². The quantitative estimate of drug-likeness (QED) is 0.864. The number of anilines is 1. The van der Waals surface area contributed by atoms with Crippen molar-refractivity contribution < 1.29 is 14.4 Å². The van der Waals surface area contributed by atoms with Gasteiger partial charge in [0, 0.05) is 10.7 Å². The molecule has 0 unspecified atom stereocenters. The molecule has 1 heterocycles. The molecule has 2 rings (SSSR count). The maximum atomic E-state index is 12.0. The van der Waals surface area contributed by atoms with E-state index >= 15 is 0 Å². The van der Waals surface area contributed by atoms with Crippen LogP contribution in [0.15, 0.2) is 18.2 Å². The molecule has 5 nitrogen and oxygen atoms in total. The maximum absolute atomic E-state index is 12.0. The summed E-state index contributed by atoms with van der Waals surface area (Å²) in [6.07, 6.45) is 0. The first-order chi connectivity index (χ1) is 9.88. The molecule has 21 heavy (non-hydrogen) atoms. The Hall–Kier alpha value is -1.53. The highest BCUT2D eigenvalue weighted by Gasteiger charge is 2.33. The third-order valence-corrected chi connectivity index (χ3v) is 4.65. The number of aryl methyl sites for hydroxylation is 1. The minimum atomic E-state index is -0.421. The topological polar surface area (TPSA) is 66.5 Å². The molecule has 1 fully saturated rings. The van der Waals surface area contributed by atoms with Crippen molar-refractivity contribution in [2.75, 3.05) is 17.6 Å². The van der Waals surface area contributed by atoms with Gasteiger partial charge in [0.25, 0.3) is 0 Å². The molecule has 0 spiro atoms. The highest BCUT2D eigenvalue weighted by Crippen LogP contribution is 2.21. The van der Waals surface area contributed by atoms with E-state index in [2.05, 4.69) is 5.32 Å². The van der Waals surface area contributed by atoms with Crippen LogP contribution in [0.3, 0.4) is 0 Å². The van der Waals surface area contributed by atoms with Crippen LogP contribution in [-0.2, 0) is 14.4 Å². The van der Waals surface area contributed by atoms with E-state index in [9.17, 15) is 14.4 Å². The van der Waals surface area contributed by atoms with Gasteiger partial charge in [0.2, 0.25) is 17.7 Å². The smallest absolute Gasteiger partial charge is 0.244 e. The first kappa shape index (κ1) is 15.9. The fourth-order valence-electron chi connectivity index (χ4n) is 1.87. The van der Waals surface area contributed by atoms with E-state index in [-0.39, 0.29) is 29.4 Å². The van der Waals surface area contributed by atoms with Crippen LogP contribution < -0.4 is 5.32 Å². The average molecular weight is 327 g/mol. The van der Waals surface area contributed by atoms with Crippen LogP contribution in [0.1, 0.15) is 12.5 Å². The van der Waals surface area contributed by atoms with Crippen LogP contribution in [0.5, 0.6) is 0 Å². The third-order valence-electron chi connectivity index (χ3n) is 3.13. The zero-order chi connectivity index (χ0) is 15.6. The molecule has 1 atom stereocenters. The second-order valence-electron chi connectivity index (χ2n) is 4.78. The minimum absolute atomic E-state index is 0.219. The fraction of sp³-hybridized carbons (Fsp3) is 0.357. The van der Waals surface area contributed by atoms with Gasteiger partial charge in [-0.2, -0.15) is 0 Å². The average Bonchev–Trinajstić information content (AvgIpc) is 2.43. The number of carbonyl (C=O) groups is 3. The van der Waals surface area contributed by atoms with Crippen molar-refractivity contribution in [3.63, 3.8) is 0 Å². The van der Waals surface area contributed by atoms with Crippen LogP contribution in [0, 0.1) is 6.92 Å². The number of rotatable bonds is 3. The summed E-state index contributed by atoms with van der Waals surface area (Å²) < 4.78 is 0. The van der Waals surface area contributed by atoms with Crippen molar-refractivity contribution in [3.05, 3.63) is 28.8 Å². The number of thioether (sulfide) groups is 1. The van der Waals surface area contributed by atoms with E-state index in [1.165, 1.54) is 11.8 Å². The summed E-state index contributed by atoms with van der Waals surface area (Å²) in [7, 11) is 0. The lowest BCUT2D eigenvalue weighted by atomic mass is 10.2. The minimum Gasteiger partial charge on any atom is -0.324 e. The summed E-state index contributed by atoms with van der Waals surface area (Å²) in [4.78, 5) is 36.6. The number of nitrogens with zero attached hydrogens (tertiary/aromatic N) is 1. The number of hydrogen-bond acceptors (Lipinski definition) is 4. The lowest BCUT2D eigenvalue weighted by molar-refractivity contribution is -0.145. The standard InChI is InChI=1S/C14H15ClN2O3S/c1-8-3-4-10(5-11(8)15)16-12(18)6-17-13(19)7-21-9(2)14(17)20/h3-5,9H,6-7H2,1-2H3,(H,16,18)/t9-/m0/s1. The van der Waals surface area contributed by atoms with Gasteiger partial charge in [0.15, 0.2) is 0 Å². The SMILES string of the molecule is Cc1ccc(NC(=O)CN2C(=O)CS[C@@H](C)C2=O)cc1Cl. The summed E-state index contributed by atoms with van der Waals surface area (Å²) in [5.41, 5.74) is 1.44. The summed E-state index contributed by atoms with van der Waals surface area (Å²) in [5, 5.41) is 2.88. The molecular weight excluding hydrogens is 312 g/mol. The molecule has 1 aromatic carbocycles. The Morgan fingerprint density at radius 3 is 2.86 bits per heavy atom. The Labute approximate surface area is 132 Å². The molecule has 1 aromatic rings. The van der Waals surface area contributed by atoms with E-state index in [0.717, 1.165) is 10.5 Å². The molecule has 0 radical (unpaired) electrons. The largest absolute Gasteiger partial charge is 0.324 e. The molecule has 0 aromatic heterocycles. The van der Waals surface area contributed by atoms with Gasteiger partial charge >= 0.3 is 0 Å². The van der Waals surface area contributed by atoms with E-state index in [1.54, 1.807) is 25.1 Å². The summed E-state index contributed by atoms with van der Waals surface area (Å²) in [6, 6.07) is 5.14. The van der Waals surface area contributed by atoms with Crippen LogP contribution in [-0.4, -0.2) is 40.2 Å². The fourth-order valence-corrected chi connectivity index (χ4v) is 2.87. The number of benzene rings is 1. The molecule has 0 saturated carbocycles. The number of carbonyl (C=O) groups excluding carboxylic acids is 3. The predicted octanol–water partition coefficient (Wildman–Crippen LogP) is 2.08. The number of hydrogen-bond donors (Lipinski definition) is 1. The van der Waals surface area contributed by atoms with Gasteiger partial charge in [0.1, 0.15) is 6.54 Å². The molecule has 1 aliphatic heterocycles. The van der Waals surface area contributed by atoms with Crippen molar-refractivity contribution >= 4 is 46.8 Å². The molecule has 0 bridgehead atoms. The Balaban J connectivity index is 2.02. The molecule has 7 heteroatoms. The first-order valence-electron chi connectivity index (χ1n) is 6.40. The highest BCUT2D eigenvalue weighted by molar-refractivity contribution is 8.01. The summed E-state index contributed by atoms with van der Waals surface area (Å²) in [6.45, 7) is 3.32. The lowest BCUT2D eigenvalue weighted by Gasteiger charge is -2.27. The number of halogens is 1. The number of amides is 3. The van der Waals surface area contributed by atoms with Gasteiger partial charge in [-0.1, -0.05) is 17.7 Å². The first-order valence-corrected chi connectivity index (χ1v) is 7.83. The predicted molar refractivity (Wildman–Crippen MR) is 83.5 cm³/mol. The Morgan fingerprint density at radius 2 is 2.19 bits per heavy atom.